The molecule has 1 atom stereocenters. The number of hydrogen-bond acceptors (Lipinski definition) is 5. The van der Waals surface area contributed by atoms with Crippen molar-refractivity contribution in [3.05, 3.63) is 11.1 Å². The zero-order valence-electron chi connectivity index (χ0n) is 13.3. The van der Waals surface area contributed by atoms with E-state index in [-0.39, 0.29) is 11.7 Å². The van der Waals surface area contributed by atoms with E-state index in [2.05, 4.69) is 49.8 Å². The molecule has 1 aromatic heterocycles. The smallest absolute Gasteiger partial charge is 0.185 e. The lowest BCUT2D eigenvalue weighted by Crippen LogP contribution is -2.52. The van der Waals surface area contributed by atoms with Gasteiger partial charge in [0.15, 0.2) is 5.13 Å². The maximum atomic E-state index is 5.95. The maximum Gasteiger partial charge on any atom is 0.185 e. The minimum Gasteiger partial charge on any atom is -0.369 e. The fourth-order valence-electron chi connectivity index (χ4n) is 2.61. The fraction of sp³-hybridized carbons (Fsp3) is 0.800. The number of nitrogens with one attached hydrogen (secondary N) is 1. The van der Waals surface area contributed by atoms with Crippen LogP contribution in [0, 0.1) is 5.92 Å². The minimum absolute atomic E-state index is 0.0978. The van der Waals surface area contributed by atoms with E-state index in [4.69, 9.17) is 4.74 Å². The highest BCUT2D eigenvalue weighted by Gasteiger charge is 2.32. The van der Waals surface area contributed by atoms with Crippen molar-refractivity contribution in [1.82, 2.24) is 10.3 Å². The molecule has 1 fully saturated rings. The van der Waals surface area contributed by atoms with Gasteiger partial charge in [-0.1, -0.05) is 13.8 Å². The van der Waals surface area contributed by atoms with E-state index < -0.39 is 0 Å². The summed E-state index contributed by atoms with van der Waals surface area (Å²) in [7, 11) is 0. The standard InChI is InChI=1S/C15H27N3OS/c1-11(2)6-16-7-13-8-17-14(20-13)18-9-12(3)19-15(4,5)10-18/h8,11-12,16H,6-7,9-10H2,1-5H3. The predicted molar refractivity (Wildman–Crippen MR) is 85.5 cm³/mol. The largest absolute Gasteiger partial charge is 0.369 e. The Balaban J connectivity index is 1.94. The molecule has 0 aliphatic carbocycles. The SMILES string of the molecule is CC(C)CNCc1cnc(N2CC(C)OC(C)(C)C2)s1. The van der Waals surface area contributed by atoms with Crippen molar-refractivity contribution in [1.29, 1.82) is 0 Å². The van der Waals surface area contributed by atoms with E-state index in [1.54, 1.807) is 11.3 Å². The Bertz CT molecular complexity index is 431. The summed E-state index contributed by atoms with van der Waals surface area (Å²) in [4.78, 5) is 8.24. The highest BCUT2D eigenvalue weighted by molar-refractivity contribution is 7.15. The van der Waals surface area contributed by atoms with Gasteiger partial charge in [0.25, 0.3) is 0 Å². The number of nitrogens with zero attached hydrogens (tertiary/aromatic N) is 2. The van der Waals surface area contributed by atoms with E-state index in [0.717, 1.165) is 31.3 Å². The molecule has 1 aliphatic rings. The molecule has 1 aliphatic heterocycles. The second-order valence-corrected chi connectivity index (χ2v) is 7.80. The van der Waals surface area contributed by atoms with E-state index >= 15 is 0 Å². The van der Waals surface area contributed by atoms with Crippen LogP contribution in [0.25, 0.3) is 0 Å². The number of thiazole rings is 1. The molecule has 0 spiro atoms. The van der Waals surface area contributed by atoms with Crippen LogP contribution in [-0.2, 0) is 11.3 Å². The minimum atomic E-state index is -0.0978. The van der Waals surface area contributed by atoms with Crippen LogP contribution >= 0.6 is 11.3 Å². The Morgan fingerprint density at radius 3 is 2.95 bits per heavy atom. The summed E-state index contributed by atoms with van der Waals surface area (Å²) >= 11 is 1.79. The van der Waals surface area contributed by atoms with E-state index in [1.807, 2.05) is 6.20 Å². The van der Waals surface area contributed by atoms with E-state index in [0.29, 0.717) is 5.92 Å². The van der Waals surface area contributed by atoms with Crippen molar-refractivity contribution >= 4 is 16.5 Å². The number of hydrogen-bond donors (Lipinski definition) is 1. The first-order valence-electron chi connectivity index (χ1n) is 7.44. The van der Waals surface area contributed by atoms with Crippen LogP contribution in [0.3, 0.4) is 0 Å². The molecule has 5 heteroatoms. The molecular weight excluding hydrogens is 270 g/mol. The predicted octanol–water partition coefficient (Wildman–Crippen LogP) is 2.89. The second kappa shape index (κ2) is 6.41. The maximum absolute atomic E-state index is 5.95. The Hall–Kier alpha value is -0.650. The molecular formula is C15H27N3OS. The van der Waals surface area contributed by atoms with Gasteiger partial charge in [0.1, 0.15) is 0 Å². The van der Waals surface area contributed by atoms with Crippen molar-refractivity contribution in [2.75, 3.05) is 24.5 Å². The third kappa shape index (κ3) is 4.43. The topological polar surface area (TPSA) is 37.4 Å². The lowest BCUT2D eigenvalue weighted by molar-refractivity contribution is -0.0749. The molecule has 1 N–H and O–H groups in total. The van der Waals surface area contributed by atoms with Gasteiger partial charge >= 0.3 is 0 Å². The molecule has 1 unspecified atom stereocenters. The number of morpholine rings is 1. The van der Waals surface area contributed by atoms with Gasteiger partial charge in [-0.15, -0.1) is 11.3 Å². The number of rotatable bonds is 5. The van der Waals surface area contributed by atoms with Crippen molar-refractivity contribution in [3.63, 3.8) is 0 Å². The van der Waals surface area contributed by atoms with Gasteiger partial charge in [-0.2, -0.15) is 0 Å². The monoisotopic (exact) mass is 297 g/mol. The molecule has 0 aromatic carbocycles. The normalized spacial score (nSPS) is 22.5. The summed E-state index contributed by atoms with van der Waals surface area (Å²) in [6.07, 6.45) is 2.26. The van der Waals surface area contributed by atoms with Crippen LogP contribution in [-0.4, -0.2) is 36.3 Å². The molecule has 0 saturated carbocycles. The van der Waals surface area contributed by atoms with Gasteiger partial charge < -0.3 is 15.0 Å². The molecule has 20 heavy (non-hydrogen) atoms. The average Bonchev–Trinajstić information content (AvgIpc) is 2.74. The summed E-state index contributed by atoms with van der Waals surface area (Å²) in [5.41, 5.74) is -0.0978. The van der Waals surface area contributed by atoms with E-state index in [1.165, 1.54) is 4.88 Å². The number of ether oxygens (including phenoxy) is 1. The summed E-state index contributed by atoms with van der Waals surface area (Å²) in [6, 6.07) is 0. The van der Waals surface area contributed by atoms with Crippen molar-refractivity contribution in [2.24, 2.45) is 5.92 Å². The van der Waals surface area contributed by atoms with Gasteiger partial charge in [0, 0.05) is 30.7 Å². The van der Waals surface area contributed by atoms with Gasteiger partial charge in [-0.25, -0.2) is 4.98 Å². The second-order valence-electron chi connectivity index (χ2n) is 6.70. The fourth-order valence-corrected chi connectivity index (χ4v) is 3.50. The number of aromatic nitrogens is 1. The molecule has 114 valence electrons. The first-order chi connectivity index (χ1) is 9.35. The summed E-state index contributed by atoms with van der Waals surface area (Å²) in [6.45, 7) is 14.7. The van der Waals surface area contributed by atoms with Gasteiger partial charge in [-0.3, -0.25) is 0 Å². The first-order valence-corrected chi connectivity index (χ1v) is 8.25. The molecule has 2 heterocycles. The summed E-state index contributed by atoms with van der Waals surface area (Å²) in [5, 5.41) is 4.59. The van der Waals surface area contributed by atoms with Crippen LogP contribution < -0.4 is 10.2 Å². The van der Waals surface area contributed by atoms with Crippen LogP contribution in [0.5, 0.6) is 0 Å². The third-order valence-corrected chi connectivity index (χ3v) is 4.29. The van der Waals surface area contributed by atoms with Gasteiger partial charge in [0.05, 0.1) is 11.7 Å². The Labute approximate surface area is 126 Å². The molecule has 0 radical (unpaired) electrons. The summed E-state index contributed by atoms with van der Waals surface area (Å²) < 4.78 is 5.95. The van der Waals surface area contributed by atoms with Crippen molar-refractivity contribution < 1.29 is 4.74 Å². The van der Waals surface area contributed by atoms with Crippen LogP contribution in [0.2, 0.25) is 0 Å². The third-order valence-electron chi connectivity index (χ3n) is 3.23. The Morgan fingerprint density at radius 2 is 2.30 bits per heavy atom. The molecule has 0 bridgehead atoms. The lowest BCUT2D eigenvalue weighted by Gasteiger charge is -2.41. The van der Waals surface area contributed by atoms with Crippen LogP contribution in [0.1, 0.15) is 39.5 Å². The van der Waals surface area contributed by atoms with Gasteiger partial charge in [0.2, 0.25) is 0 Å². The lowest BCUT2D eigenvalue weighted by atomic mass is 10.1. The van der Waals surface area contributed by atoms with Crippen molar-refractivity contribution in [2.45, 2.75) is 52.9 Å². The molecule has 1 saturated heterocycles. The zero-order chi connectivity index (χ0) is 14.8. The Morgan fingerprint density at radius 1 is 1.55 bits per heavy atom. The highest BCUT2D eigenvalue weighted by atomic mass is 32.1. The van der Waals surface area contributed by atoms with E-state index in [9.17, 15) is 0 Å². The average molecular weight is 297 g/mol. The number of anilines is 1. The molecule has 0 amide bonds. The molecule has 2 rings (SSSR count). The highest BCUT2D eigenvalue weighted by Crippen LogP contribution is 2.29. The molecule has 1 aromatic rings. The summed E-state index contributed by atoms with van der Waals surface area (Å²) in [5.74, 6) is 0.684. The molecule has 4 nitrogen and oxygen atoms in total. The Kier molecular flexibility index (Phi) is 5.04. The van der Waals surface area contributed by atoms with Crippen LogP contribution in [0.4, 0.5) is 5.13 Å². The quantitative estimate of drug-likeness (QED) is 0.907. The first kappa shape index (κ1) is 15.7. The zero-order valence-corrected chi connectivity index (χ0v) is 14.1. The van der Waals surface area contributed by atoms with Crippen LogP contribution in [0.15, 0.2) is 6.20 Å². The van der Waals surface area contributed by atoms with Gasteiger partial charge in [-0.05, 0) is 33.2 Å². The van der Waals surface area contributed by atoms with Crippen molar-refractivity contribution in [3.8, 4) is 0 Å².